The zero-order valence-electron chi connectivity index (χ0n) is 22.1. The third-order valence-corrected chi connectivity index (χ3v) is 8.15. The van der Waals surface area contributed by atoms with Gasteiger partial charge in [-0.1, -0.05) is 55.0 Å². The highest BCUT2D eigenvalue weighted by molar-refractivity contribution is 7.92. The van der Waals surface area contributed by atoms with E-state index in [0.29, 0.717) is 0 Å². The largest absolute Gasteiger partial charge is 0.352 e. The van der Waals surface area contributed by atoms with Crippen molar-refractivity contribution in [3.63, 3.8) is 0 Å². The number of nitrogens with one attached hydrogen (secondary N) is 1. The summed E-state index contributed by atoms with van der Waals surface area (Å²) in [5.41, 5.74) is 2.13. The molecule has 0 radical (unpaired) electrons. The van der Waals surface area contributed by atoms with Gasteiger partial charge < -0.3 is 10.2 Å². The van der Waals surface area contributed by atoms with Crippen LogP contribution >= 0.6 is 0 Å². The molecule has 2 amide bonds. The molecule has 0 fully saturated rings. The minimum Gasteiger partial charge on any atom is -0.352 e. The van der Waals surface area contributed by atoms with Crippen LogP contribution in [-0.4, -0.2) is 43.8 Å². The molecule has 0 saturated carbocycles. The Morgan fingerprint density at radius 3 is 2.11 bits per heavy atom. The van der Waals surface area contributed by atoms with E-state index in [2.05, 4.69) is 5.32 Å². The summed E-state index contributed by atoms with van der Waals surface area (Å²) in [5.74, 6) is -1.45. The van der Waals surface area contributed by atoms with Crippen molar-refractivity contribution in [2.24, 2.45) is 0 Å². The lowest BCUT2D eigenvalue weighted by Crippen LogP contribution is -2.52. The number of sulfonamides is 1. The zero-order valence-corrected chi connectivity index (χ0v) is 22.9. The fraction of sp³-hybridized carbons (Fsp3) is 0.310. The van der Waals surface area contributed by atoms with Gasteiger partial charge in [0.1, 0.15) is 18.4 Å². The first-order valence-electron chi connectivity index (χ1n) is 12.5. The Kier molecular flexibility index (Phi) is 9.63. The van der Waals surface area contributed by atoms with Gasteiger partial charge in [-0.25, -0.2) is 12.8 Å². The predicted molar refractivity (Wildman–Crippen MR) is 146 cm³/mol. The van der Waals surface area contributed by atoms with Crippen LogP contribution in [-0.2, 0) is 26.2 Å². The van der Waals surface area contributed by atoms with E-state index in [1.807, 2.05) is 45.0 Å². The lowest BCUT2D eigenvalue weighted by Gasteiger charge is -2.32. The van der Waals surface area contributed by atoms with E-state index in [1.165, 1.54) is 4.90 Å². The van der Waals surface area contributed by atoms with E-state index in [0.717, 1.165) is 46.1 Å². The minimum absolute atomic E-state index is 0.0825. The number of hydrogen-bond donors (Lipinski definition) is 1. The summed E-state index contributed by atoms with van der Waals surface area (Å²) in [5, 5.41) is 2.91. The summed E-state index contributed by atoms with van der Waals surface area (Å²) in [6.45, 7) is 6.98. The molecule has 2 atom stereocenters. The molecule has 0 spiro atoms. The van der Waals surface area contributed by atoms with Crippen molar-refractivity contribution >= 4 is 27.5 Å². The zero-order chi connectivity index (χ0) is 27.9. The first-order chi connectivity index (χ1) is 18.0. The average molecular weight is 540 g/mol. The van der Waals surface area contributed by atoms with Crippen LogP contribution < -0.4 is 9.62 Å². The van der Waals surface area contributed by atoms with E-state index in [4.69, 9.17) is 0 Å². The second-order valence-electron chi connectivity index (χ2n) is 9.30. The van der Waals surface area contributed by atoms with Crippen LogP contribution in [0.4, 0.5) is 10.1 Å². The van der Waals surface area contributed by atoms with Gasteiger partial charge in [-0.05, 0) is 69.2 Å². The molecule has 0 aliphatic rings. The monoisotopic (exact) mass is 539 g/mol. The third-order valence-electron chi connectivity index (χ3n) is 6.37. The Bertz CT molecular complexity index is 1330. The molecule has 0 aliphatic carbocycles. The average Bonchev–Trinajstić information content (AvgIpc) is 2.91. The molecule has 2 unspecified atom stereocenters. The number of hydrogen-bond acceptors (Lipinski definition) is 4. The Hall–Kier alpha value is -3.72. The van der Waals surface area contributed by atoms with Gasteiger partial charge in [-0.15, -0.1) is 0 Å². The predicted octanol–water partition coefficient (Wildman–Crippen LogP) is 4.66. The van der Waals surface area contributed by atoms with Gasteiger partial charge in [0.25, 0.3) is 10.0 Å². The molecule has 0 aliphatic heterocycles. The summed E-state index contributed by atoms with van der Waals surface area (Å²) in [6.07, 6.45) is 0.724. The lowest BCUT2D eigenvalue weighted by atomic mass is 10.1. The van der Waals surface area contributed by atoms with Gasteiger partial charge in [0, 0.05) is 12.6 Å². The Morgan fingerprint density at radius 1 is 0.921 bits per heavy atom. The summed E-state index contributed by atoms with van der Waals surface area (Å²) >= 11 is 0. The van der Waals surface area contributed by atoms with Crippen LogP contribution in [0.1, 0.15) is 38.3 Å². The van der Waals surface area contributed by atoms with Gasteiger partial charge >= 0.3 is 0 Å². The number of amides is 2. The van der Waals surface area contributed by atoms with E-state index < -0.39 is 34.3 Å². The van der Waals surface area contributed by atoms with Crippen LogP contribution in [0.2, 0.25) is 0 Å². The highest BCUT2D eigenvalue weighted by Crippen LogP contribution is 2.24. The second kappa shape index (κ2) is 12.7. The molecule has 3 aromatic rings. The van der Waals surface area contributed by atoms with E-state index in [9.17, 15) is 22.4 Å². The number of halogens is 1. The van der Waals surface area contributed by atoms with Gasteiger partial charge in [0.15, 0.2) is 0 Å². The fourth-order valence-corrected chi connectivity index (χ4v) is 5.21. The molecule has 9 heteroatoms. The van der Waals surface area contributed by atoms with Crippen molar-refractivity contribution in [3.05, 3.63) is 95.8 Å². The van der Waals surface area contributed by atoms with Crippen molar-refractivity contribution < 1.29 is 22.4 Å². The summed E-state index contributed by atoms with van der Waals surface area (Å²) in [4.78, 5) is 28.1. The van der Waals surface area contributed by atoms with E-state index >= 15 is 0 Å². The Morgan fingerprint density at radius 2 is 1.53 bits per heavy atom. The third kappa shape index (κ3) is 7.19. The van der Waals surface area contributed by atoms with Crippen LogP contribution in [0.25, 0.3) is 0 Å². The number of aryl methyl sites for hydroxylation is 1. The minimum atomic E-state index is -4.23. The topological polar surface area (TPSA) is 86.8 Å². The number of rotatable bonds is 11. The number of carbonyl (C=O) groups is 2. The molecule has 7 nitrogen and oxygen atoms in total. The maximum atomic E-state index is 13.8. The molecule has 3 aromatic carbocycles. The summed E-state index contributed by atoms with van der Waals surface area (Å²) in [6, 6.07) is 19.3. The molecule has 0 saturated heterocycles. The van der Waals surface area contributed by atoms with Crippen LogP contribution in [0.15, 0.2) is 83.8 Å². The molecule has 1 N–H and O–H groups in total. The maximum absolute atomic E-state index is 13.8. The Balaban J connectivity index is 1.99. The van der Waals surface area contributed by atoms with Crippen molar-refractivity contribution in [1.82, 2.24) is 10.2 Å². The smallest absolute Gasteiger partial charge is 0.264 e. The summed E-state index contributed by atoms with van der Waals surface area (Å²) in [7, 11) is -4.23. The maximum Gasteiger partial charge on any atom is 0.264 e. The number of nitrogens with zero attached hydrogens (tertiary/aromatic N) is 2. The van der Waals surface area contributed by atoms with Gasteiger partial charge in [0.2, 0.25) is 11.8 Å². The normalized spacial score (nSPS) is 12.9. The van der Waals surface area contributed by atoms with Crippen LogP contribution in [0.3, 0.4) is 0 Å². The molecular formula is C29H34FN3O4S. The molecule has 38 heavy (non-hydrogen) atoms. The molecule has 0 bridgehead atoms. The van der Waals surface area contributed by atoms with E-state index in [1.54, 1.807) is 37.3 Å². The molecule has 3 rings (SSSR count). The SMILES string of the molecule is CCC(C)NC(=O)C(C)N(Cc1ccc(C)cc1)C(=O)CN(c1ccccc1)S(=O)(=O)c1ccc(F)cc1. The Labute approximate surface area is 224 Å². The van der Waals surface area contributed by atoms with Crippen molar-refractivity contribution in [1.29, 1.82) is 0 Å². The standard InChI is InChI=1S/C29H34FN3O4S/c1-5-22(3)31-29(35)23(4)32(19-24-13-11-21(2)12-14-24)28(34)20-33(26-9-7-6-8-10-26)38(36,37)27-17-15-25(30)16-18-27/h6-18,22-23H,5,19-20H2,1-4H3,(H,31,35). The molecule has 0 heterocycles. The molecule has 0 aromatic heterocycles. The first kappa shape index (κ1) is 28.8. The lowest BCUT2D eigenvalue weighted by molar-refractivity contribution is -0.139. The van der Waals surface area contributed by atoms with Crippen molar-refractivity contribution in [2.75, 3.05) is 10.8 Å². The van der Waals surface area contributed by atoms with Crippen molar-refractivity contribution in [3.8, 4) is 0 Å². The highest BCUT2D eigenvalue weighted by Gasteiger charge is 2.32. The van der Waals surface area contributed by atoms with E-state index in [-0.39, 0.29) is 29.1 Å². The number of para-hydroxylation sites is 1. The number of carbonyl (C=O) groups excluding carboxylic acids is 2. The summed E-state index contributed by atoms with van der Waals surface area (Å²) < 4.78 is 41.8. The highest BCUT2D eigenvalue weighted by atomic mass is 32.2. The van der Waals surface area contributed by atoms with Gasteiger partial charge in [0.05, 0.1) is 10.6 Å². The molecular weight excluding hydrogens is 505 g/mol. The first-order valence-corrected chi connectivity index (χ1v) is 14.0. The van der Waals surface area contributed by atoms with Crippen LogP contribution in [0.5, 0.6) is 0 Å². The van der Waals surface area contributed by atoms with Crippen LogP contribution in [0, 0.1) is 12.7 Å². The fourth-order valence-electron chi connectivity index (χ4n) is 3.80. The number of anilines is 1. The molecule has 202 valence electrons. The van der Waals surface area contributed by atoms with Gasteiger partial charge in [-0.2, -0.15) is 0 Å². The number of benzene rings is 3. The van der Waals surface area contributed by atoms with Crippen molar-refractivity contribution in [2.45, 2.75) is 57.6 Å². The quantitative estimate of drug-likeness (QED) is 0.384. The second-order valence-corrected chi connectivity index (χ2v) is 11.2. The van der Waals surface area contributed by atoms with Gasteiger partial charge in [-0.3, -0.25) is 13.9 Å².